The fourth-order valence-corrected chi connectivity index (χ4v) is 1.89. The summed E-state index contributed by atoms with van der Waals surface area (Å²) in [5.74, 6) is -1.32. The van der Waals surface area contributed by atoms with E-state index in [4.69, 9.17) is 15.6 Å². The van der Waals surface area contributed by atoms with Crippen LogP contribution in [-0.4, -0.2) is 29.2 Å². The molecule has 0 saturated carbocycles. The van der Waals surface area contributed by atoms with Gasteiger partial charge in [-0.3, -0.25) is 9.59 Å². The molecule has 1 amide bonds. The Morgan fingerprint density at radius 1 is 1.40 bits per heavy atom. The highest BCUT2D eigenvalue weighted by atomic mass is 16.5. The number of aliphatic carboxylic acids is 1. The molecule has 1 heterocycles. The van der Waals surface area contributed by atoms with Gasteiger partial charge in [-0.2, -0.15) is 0 Å². The number of hydrogen-bond donors (Lipinski definition) is 2. The van der Waals surface area contributed by atoms with Crippen molar-refractivity contribution in [2.24, 2.45) is 5.73 Å². The summed E-state index contributed by atoms with van der Waals surface area (Å²) in [6.45, 7) is 0.538. The number of carbonyl (C=O) groups is 2. The predicted molar refractivity (Wildman–Crippen MR) is 53.2 cm³/mol. The molecule has 0 aromatic rings. The largest absolute Gasteiger partial charge is 0.481 e. The maximum atomic E-state index is 11.3. The second-order valence-corrected chi connectivity index (χ2v) is 3.91. The molecule has 1 atom stereocenters. The number of nitrogens with two attached hydrogens (primary N) is 1. The van der Waals surface area contributed by atoms with Crippen molar-refractivity contribution in [1.29, 1.82) is 0 Å². The molecular formula is C10H17NO4. The molecule has 3 N–H and O–H groups in total. The van der Waals surface area contributed by atoms with Crippen molar-refractivity contribution in [3.05, 3.63) is 0 Å². The van der Waals surface area contributed by atoms with E-state index >= 15 is 0 Å². The molecule has 1 aliphatic heterocycles. The number of primary amides is 1. The highest BCUT2D eigenvalue weighted by Crippen LogP contribution is 2.29. The maximum Gasteiger partial charge on any atom is 0.303 e. The van der Waals surface area contributed by atoms with Crippen LogP contribution in [0.3, 0.4) is 0 Å². The summed E-state index contributed by atoms with van der Waals surface area (Å²) < 4.78 is 5.44. The number of carboxylic acids is 1. The molecule has 1 fully saturated rings. The highest BCUT2D eigenvalue weighted by molar-refractivity contribution is 5.83. The van der Waals surface area contributed by atoms with Crippen molar-refractivity contribution in [2.75, 3.05) is 6.61 Å². The SMILES string of the molecule is NC(=O)C1(CCCC(=O)O)CCCCO1. The number of carbonyl (C=O) groups excluding carboxylic acids is 1. The van der Waals surface area contributed by atoms with E-state index in [2.05, 4.69) is 0 Å². The normalized spacial score (nSPS) is 26.1. The zero-order valence-corrected chi connectivity index (χ0v) is 8.70. The van der Waals surface area contributed by atoms with E-state index in [-0.39, 0.29) is 6.42 Å². The summed E-state index contributed by atoms with van der Waals surface area (Å²) in [5, 5.41) is 8.51. The summed E-state index contributed by atoms with van der Waals surface area (Å²) in [6, 6.07) is 0. The first-order valence-electron chi connectivity index (χ1n) is 5.22. The third kappa shape index (κ3) is 3.20. The summed E-state index contributed by atoms with van der Waals surface area (Å²) >= 11 is 0. The van der Waals surface area contributed by atoms with Crippen molar-refractivity contribution in [1.82, 2.24) is 0 Å². The van der Waals surface area contributed by atoms with Gasteiger partial charge in [0.25, 0.3) is 0 Å². The predicted octanol–water partition coefficient (Wildman–Crippen LogP) is 0.666. The first kappa shape index (κ1) is 12.0. The fraction of sp³-hybridized carbons (Fsp3) is 0.800. The first-order chi connectivity index (χ1) is 7.07. The molecule has 0 aromatic carbocycles. The molecule has 0 radical (unpaired) electrons. The van der Waals surface area contributed by atoms with Gasteiger partial charge in [-0.15, -0.1) is 0 Å². The minimum Gasteiger partial charge on any atom is -0.481 e. The monoisotopic (exact) mass is 215 g/mol. The molecule has 86 valence electrons. The van der Waals surface area contributed by atoms with E-state index < -0.39 is 17.5 Å². The zero-order chi connectivity index (χ0) is 11.3. The van der Waals surface area contributed by atoms with Gasteiger partial charge in [0.2, 0.25) is 5.91 Å². The fourth-order valence-electron chi connectivity index (χ4n) is 1.89. The molecule has 0 aromatic heterocycles. The van der Waals surface area contributed by atoms with E-state index in [9.17, 15) is 9.59 Å². The summed E-state index contributed by atoms with van der Waals surface area (Å²) in [7, 11) is 0. The van der Waals surface area contributed by atoms with Crippen LogP contribution in [0, 0.1) is 0 Å². The quantitative estimate of drug-likeness (QED) is 0.705. The van der Waals surface area contributed by atoms with Gasteiger partial charge in [-0.05, 0) is 32.1 Å². The molecule has 5 nitrogen and oxygen atoms in total. The van der Waals surface area contributed by atoms with E-state index in [1.807, 2.05) is 0 Å². The second-order valence-electron chi connectivity index (χ2n) is 3.91. The van der Waals surface area contributed by atoms with Crippen LogP contribution in [0.15, 0.2) is 0 Å². The number of hydrogen-bond acceptors (Lipinski definition) is 3. The van der Waals surface area contributed by atoms with Crippen LogP contribution >= 0.6 is 0 Å². The Balaban J connectivity index is 2.49. The first-order valence-corrected chi connectivity index (χ1v) is 5.22. The second kappa shape index (κ2) is 5.11. The minimum absolute atomic E-state index is 0.0540. The molecule has 15 heavy (non-hydrogen) atoms. The van der Waals surface area contributed by atoms with E-state index in [1.165, 1.54) is 0 Å². The molecule has 5 heteroatoms. The standard InChI is InChI=1S/C10H17NO4/c11-9(14)10(5-1-2-7-15-10)6-3-4-8(12)13/h1-7H2,(H2,11,14)(H,12,13). The Morgan fingerprint density at radius 2 is 2.13 bits per heavy atom. The van der Waals surface area contributed by atoms with Crippen molar-refractivity contribution >= 4 is 11.9 Å². The Bertz CT molecular complexity index is 246. The summed E-state index contributed by atoms with van der Waals surface area (Å²) in [4.78, 5) is 21.7. The molecule has 1 saturated heterocycles. The van der Waals surface area contributed by atoms with Crippen LogP contribution in [0.1, 0.15) is 38.5 Å². The molecular weight excluding hydrogens is 198 g/mol. The lowest BCUT2D eigenvalue weighted by Crippen LogP contribution is -2.48. The molecule has 0 spiro atoms. The van der Waals surface area contributed by atoms with E-state index in [0.717, 1.165) is 12.8 Å². The van der Waals surface area contributed by atoms with Gasteiger partial charge < -0.3 is 15.6 Å². The van der Waals surface area contributed by atoms with Crippen molar-refractivity contribution in [3.63, 3.8) is 0 Å². The van der Waals surface area contributed by atoms with Crippen LogP contribution in [0.2, 0.25) is 0 Å². The molecule has 0 bridgehead atoms. The highest BCUT2D eigenvalue weighted by Gasteiger charge is 2.38. The number of ether oxygens (including phenoxy) is 1. The Labute approximate surface area is 88.6 Å². The van der Waals surface area contributed by atoms with Gasteiger partial charge in [0, 0.05) is 13.0 Å². The molecule has 0 aliphatic carbocycles. The third-order valence-corrected chi connectivity index (χ3v) is 2.77. The summed E-state index contributed by atoms with van der Waals surface area (Å²) in [6.07, 6.45) is 3.36. The lowest BCUT2D eigenvalue weighted by Gasteiger charge is -2.34. The van der Waals surface area contributed by atoms with Crippen LogP contribution in [0.25, 0.3) is 0 Å². The van der Waals surface area contributed by atoms with Crippen molar-refractivity contribution in [3.8, 4) is 0 Å². The van der Waals surface area contributed by atoms with Crippen molar-refractivity contribution in [2.45, 2.75) is 44.1 Å². The number of carboxylic acid groups (broad SMARTS) is 1. The lowest BCUT2D eigenvalue weighted by molar-refractivity contribution is -0.152. The Hall–Kier alpha value is -1.10. The van der Waals surface area contributed by atoms with Crippen LogP contribution in [0.4, 0.5) is 0 Å². The summed E-state index contributed by atoms with van der Waals surface area (Å²) in [5.41, 5.74) is 4.40. The van der Waals surface area contributed by atoms with Gasteiger partial charge in [-0.1, -0.05) is 0 Å². The molecule has 1 aliphatic rings. The van der Waals surface area contributed by atoms with Gasteiger partial charge in [0.1, 0.15) is 5.60 Å². The van der Waals surface area contributed by atoms with E-state index in [0.29, 0.717) is 25.9 Å². The van der Waals surface area contributed by atoms with Crippen LogP contribution in [0.5, 0.6) is 0 Å². The third-order valence-electron chi connectivity index (χ3n) is 2.77. The molecule has 1 unspecified atom stereocenters. The minimum atomic E-state index is -0.909. The Kier molecular flexibility index (Phi) is 4.08. The smallest absolute Gasteiger partial charge is 0.303 e. The maximum absolute atomic E-state index is 11.3. The average Bonchev–Trinajstić information content (AvgIpc) is 2.18. The van der Waals surface area contributed by atoms with Gasteiger partial charge in [-0.25, -0.2) is 0 Å². The number of amides is 1. The lowest BCUT2D eigenvalue weighted by atomic mass is 9.88. The van der Waals surface area contributed by atoms with Crippen LogP contribution in [-0.2, 0) is 14.3 Å². The van der Waals surface area contributed by atoms with Crippen LogP contribution < -0.4 is 5.73 Å². The van der Waals surface area contributed by atoms with Gasteiger partial charge in [0.05, 0.1) is 0 Å². The van der Waals surface area contributed by atoms with Gasteiger partial charge in [0.15, 0.2) is 0 Å². The Morgan fingerprint density at radius 3 is 2.60 bits per heavy atom. The van der Waals surface area contributed by atoms with Crippen molar-refractivity contribution < 1.29 is 19.4 Å². The van der Waals surface area contributed by atoms with E-state index in [1.54, 1.807) is 0 Å². The molecule has 1 rings (SSSR count). The topological polar surface area (TPSA) is 89.6 Å². The average molecular weight is 215 g/mol. The van der Waals surface area contributed by atoms with Gasteiger partial charge >= 0.3 is 5.97 Å². The zero-order valence-electron chi connectivity index (χ0n) is 8.70. The number of rotatable bonds is 5.